The van der Waals surface area contributed by atoms with E-state index in [0.29, 0.717) is 18.7 Å². The zero-order valence-corrected chi connectivity index (χ0v) is 17.7. The molecule has 1 aliphatic heterocycles. The van der Waals surface area contributed by atoms with Gasteiger partial charge in [-0.2, -0.15) is 0 Å². The van der Waals surface area contributed by atoms with Gasteiger partial charge in [0, 0.05) is 22.6 Å². The molecule has 0 aliphatic carbocycles. The topological polar surface area (TPSA) is 75.7 Å². The lowest BCUT2D eigenvalue weighted by atomic mass is 10.1. The molecule has 1 unspecified atom stereocenters. The maximum absolute atomic E-state index is 13.5. The number of hydrogen-bond acceptors (Lipinski definition) is 4. The standard InChI is InChI=1S/C19H21BrN2O4S/c1-4-21-19(23)13-5-8-17(26-3)18(11-13)27(24,25)22-12(2)9-14-10-15(20)6-7-16(14)22/h5-8,10-12H,4,9H2,1-3H3,(H,21,23). The van der Waals surface area contributed by atoms with Crippen LogP contribution in [0.4, 0.5) is 5.69 Å². The summed E-state index contributed by atoms with van der Waals surface area (Å²) in [5.41, 5.74) is 1.88. The number of nitrogens with zero attached hydrogens (tertiary/aromatic N) is 1. The summed E-state index contributed by atoms with van der Waals surface area (Å²) in [6.45, 7) is 4.13. The lowest BCUT2D eigenvalue weighted by Crippen LogP contribution is -2.36. The summed E-state index contributed by atoms with van der Waals surface area (Å²) in [4.78, 5) is 12.2. The molecular formula is C19H21BrN2O4S. The Morgan fingerprint density at radius 3 is 2.70 bits per heavy atom. The number of amides is 1. The monoisotopic (exact) mass is 452 g/mol. The van der Waals surface area contributed by atoms with Gasteiger partial charge in [0.25, 0.3) is 15.9 Å². The number of rotatable bonds is 5. The van der Waals surface area contributed by atoms with Crippen LogP contribution in [-0.2, 0) is 16.4 Å². The summed E-state index contributed by atoms with van der Waals surface area (Å²) in [6.07, 6.45) is 0.617. The van der Waals surface area contributed by atoms with Crippen LogP contribution in [0.3, 0.4) is 0 Å². The van der Waals surface area contributed by atoms with Gasteiger partial charge in [-0.15, -0.1) is 0 Å². The fraction of sp³-hybridized carbons (Fsp3) is 0.316. The second-order valence-electron chi connectivity index (χ2n) is 6.35. The maximum atomic E-state index is 13.5. The normalized spacial score (nSPS) is 16.1. The molecule has 2 aromatic carbocycles. The molecule has 1 N–H and O–H groups in total. The molecule has 0 bridgehead atoms. The van der Waals surface area contributed by atoms with E-state index in [1.807, 2.05) is 19.1 Å². The summed E-state index contributed by atoms with van der Waals surface area (Å²) < 4.78 is 34.6. The van der Waals surface area contributed by atoms with E-state index >= 15 is 0 Å². The van der Waals surface area contributed by atoms with E-state index in [1.54, 1.807) is 19.1 Å². The molecule has 8 heteroatoms. The highest BCUT2D eigenvalue weighted by molar-refractivity contribution is 9.10. The smallest absolute Gasteiger partial charge is 0.268 e. The largest absolute Gasteiger partial charge is 0.495 e. The van der Waals surface area contributed by atoms with E-state index < -0.39 is 10.0 Å². The van der Waals surface area contributed by atoms with Crippen molar-refractivity contribution in [1.82, 2.24) is 5.32 Å². The van der Waals surface area contributed by atoms with Gasteiger partial charge in [-0.25, -0.2) is 8.42 Å². The first-order valence-corrected chi connectivity index (χ1v) is 10.8. The summed E-state index contributed by atoms with van der Waals surface area (Å²) >= 11 is 3.43. The van der Waals surface area contributed by atoms with Crippen LogP contribution < -0.4 is 14.4 Å². The first-order valence-electron chi connectivity index (χ1n) is 8.58. The molecule has 1 amide bonds. The number of fused-ring (bicyclic) bond motifs is 1. The average molecular weight is 453 g/mol. The summed E-state index contributed by atoms with van der Waals surface area (Å²) in [6, 6.07) is 9.76. The number of sulfonamides is 1. The maximum Gasteiger partial charge on any atom is 0.268 e. The number of nitrogens with one attached hydrogen (secondary N) is 1. The molecule has 1 atom stereocenters. The van der Waals surface area contributed by atoms with Crippen molar-refractivity contribution in [3.8, 4) is 5.75 Å². The van der Waals surface area contributed by atoms with Crippen LogP contribution >= 0.6 is 15.9 Å². The highest BCUT2D eigenvalue weighted by Crippen LogP contribution is 2.40. The molecule has 27 heavy (non-hydrogen) atoms. The molecule has 1 heterocycles. The van der Waals surface area contributed by atoms with Crippen molar-refractivity contribution < 1.29 is 17.9 Å². The van der Waals surface area contributed by atoms with Crippen molar-refractivity contribution >= 4 is 37.5 Å². The van der Waals surface area contributed by atoms with Gasteiger partial charge in [0.05, 0.1) is 12.8 Å². The van der Waals surface area contributed by atoms with Crippen LogP contribution in [0.15, 0.2) is 45.8 Å². The van der Waals surface area contributed by atoms with Crippen LogP contribution in [0.1, 0.15) is 29.8 Å². The number of benzene rings is 2. The van der Waals surface area contributed by atoms with Crippen molar-refractivity contribution in [2.75, 3.05) is 18.0 Å². The van der Waals surface area contributed by atoms with Gasteiger partial charge >= 0.3 is 0 Å². The van der Waals surface area contributed by atoms with E-state index in [4.69, 9.17) is 4.74 Å². The Labute approximate surface area is 167 Å². The minimum absolute atomic E-state index is 0.0172. The number of halogens is 1. The van der Waals surface area contributed by atoms with Gasteiger partial charge in [0.2, 0.25) is 0 Å². The van der Waals surface area contributed by atoms with Gasteiger partial charge in [-0.1, -0.05) is 15.9 Å². The lowest BCUT2D eigenvalue weighted by Gasteiger charge is -2.25. The van der Waals surface area contributed by atoms with Gasteiger partial charge in [-0.3, -0.25) is 9.10 Å². The first-order chi connectivity index (χ1) is 12.8. The second kappa shape index (κ2) is 7.52. The number of ether oxygens (including phenoxy) is 1. The lowest BCUT2D eigenvalue weighted by molar-refractivity contribution is 0.0955. The fourth-order valence-corrected chi connectivity index (χ4v) is 5.61. The van der Waals surface area contributed by atoms with Gasteiger partial charge in [0.15, 0.2) is 0 Å². The van der Waals surface area contributed by atoms with Crippen LogP contribution in [0.5, 0.6) is 5.75 Å². The number of carbonyl (C=O) groups is 1. The zero-order valence-electron chi connectivity index (χ0n) is 15.3. The number of methoxy groups -OCH3 is 1. The predicted molar refractivity (Wildman–Crippen MR) is 108 cm³/mol. The van der Waals surface area contributed by atoms with Crippen molar-refractivity contribution in [1.29, 1.82) is 0 Å². The Morgan fingerprint density at radius 2 is 2.04 bits per heavy atom. The summed E-state index contributed by atoms with van der Waals surface area (Å²) in [7, 11) is -2.50. The summed E-state index contributed by atoms with van der Waals surface area (Å²) in [5.74, 6) is -0.115. The molecular weight excluding hydrogens is 432 g/mol. The van der Waals surface area contributed by atoms with Crippen molar-refractivity contribution in [3.05, 3.63) is 52.0 Å². The molecule has 0 saturated carbocycles. The quantitative estimate of drug-likeness (QED) is 0.754. The van der Waals surface area contributed by atoms with Crippen molar-refractivity contribution in [2.45, 2.75) is 31.2 Å². The molecule has 1 aliphatic rings. The first kappa shape index (κ1) is 19.7. The molecule has 144 valence electrons. The molecule has 0 radical (unpaired) electrons. The van der Waals surface area contributed by atoms with Gasteiger partial charge in [-0.05, 0) is 62.2 Å². The van der Waals surface area contributed by atoms with Crippen LogP contribution in [0.2, 0.25) is 0 Å². The molecule has 2 aromatic rings. The fourth-order valence-electron chi connectivity index (χ4n) is 3.33. The Hall–Kier alpha value is -2.06. The molecule has 3 rings (SSSR count). The zero-order chi connectivity index (χ0) is 19.8. The summed E-state index contributed by atoms with van der Waals surface area (Å²) in [5, 5.41) is 2.68. The molecule has 6 nitrogen and oxygen atoms in total. The third-order valence-electron chi connectivity index (χ3n) is 4.49. The molecule has 0 aromatic heterocycles. The Morgan fingerprint density at radius 1 is 1.30 bits per heavy atom. The SMILES string of the molecule is CCNC(=O)c1ccc(OC)c(S(=O)(=O)N2c3ccc(Br)cc3CC2C)c1. The minimum atomic E-state index is -3.91. The number of carbonyl (C=O) groups excluding carboxylic acids is 1. The highest BCUT2D eigenvalue weighted by atomic mass is 79.9. The molecule has 0 spiro atoms. The molecule has 0 saturated heterocycles. The number of hydrogen-bond donors (Lipinski definition) is 1. The van der Waals surface area contributed by atoms with Crippen LogP contribution in [0.25, 0.3) is 0 Å². The minimum Gasteiger partial charge on any atom is -0.495 e. The highest BCUT2D eigenvalue weighted by Gasteiger charge is 2.38. The Bertz CT molecular complexity index is 991. The van der Waals surface area contributed by atoms with Crippen molar-refractivity contribution in [3.63, 3.8) is 0 Å². The average Bonchev–Trinajstić information content (AvgIpc) is 2.96. The van der Waals surface area contributed by atoms with Crippen LogP contribution in [0, 0.1) is 0 Å². The van der Waals surface area contributed by atoms with Gasteiger partial charge < -0.3 is 10.1 Å². The van der Waals surface area contributed by atoms with Gasteiger partial charge in [0.1, 0.15) is 10.6 Å². The van der Waals surface area contributed by atoms with E-state index in [2.05, 4.69) is 21.2 Å². The van der Waals surface area contributed by atoms with Crippen LogP contribution in [-0.4, -0.2) is 34.0 Å². The second-order valence-corrected chi connectivity index (χ2v) is 9.05. The predicted octanol–water partition coefficient (Wildman–Crippen LogP) is 3.35. The van der Waals surface area contributed by atoms with E-state index in [9.17, 15) is 13.2 Å². The Balaban J connectivity index is 2.12. The van der Waals surface area contributed by atoms with E-state index in [-0.39, 0.29) is 28.2 Å². The third-order valence-corrected chi connectivity index (χ3v) is 6.94. The third kappa shape index (κ3) is 3.55. The Kier molecular flexibility index (Phi) is 5.48. The molecule has 0 fully saturated rings. The van der Waals surface area contributed by atoms with Crippen molar-refractivity contribution in [2.24, 2.45) is 0 Å². The van der Waals surface area contributed by atoms with E-state index in [0.717, 1.165) is 10.0 Å². The number of anilines is 1. The van der Waals surface area contributed by atoms with E-state index in [1.165, 1.54) is 23.5 Å².